The van der Waals surface area contributed by atoms with Gasteiger partial charge in [0, 0.05) is 24.4 Å². The van der Waals surface area contributed by atoms with Crippen molar-refractivity contribution in [2.45, 2.75) is 30.7 Å². The summed E-state index contributed by atoms with van der Waals surface area (Å²) in [5.41, 5.74) is 2.15. The summed E-state index contributed by atoms with van der Waals surface area (Å²) < 4.78 is 6.69. The molecule has 3 aromatic rings. The standard InChI is InChI=1S/C19H23ClN6O2S/c1-4-14(18(27)22-8-9-28-3)29-19-23-17-15(11(2)24-25-17)16(21)26(19)13-7-5-6-12(20)10-13/h5-7,10,14,21H,4,8-9H2,1-3H3,(H,22,27)(H,24,25)/t14-/m0/s1. The van der Waals surface area contributed by atoms with Gasteiger partial charge >= 0.3 is 0 Å². The quantitative estimate of drug-likeness (QED) is 0.287. The van der Waals surface area contributed by atoms with Crippen molar-refractivity contribution in [3.05, 3.63) is 40.5 Å². The molecule has 0 aliphatic heterocycles. The van der Waals surface area contributed by atoms with E-state index in [1.165, 1.54) is 11.8 Å². The molecule has 3 N–H and O–H groups in total. The smallest absolute Gasteiger partial charge is 0.233 e. The molecule has 154 valence electrons. The van der Waals surface area contributed by atoms with Crippen LogP contribution in [-0.2, 0) is 9.53 Å². The molecule has 0 spiro atoms. The van der Waals surface area contributed by atoms with Crippen LogP contribution >= 0.6 is 23.4 Å². The van der Waals surface area contributed by atoms with Gasteiger partial charge in [0.25, 0.3) is 0 Å². The zero-order valence-electron chi connectivity index (χ0n) is 16.5. The zero-order chi connectivity index (χ0) is 21.0. The fraction of sp³-hybridized carbons (Fsp3) is 0.368. The summed E-state index contributed by atoms with van der Waals surface area (Å²) in [5, 5.41) is 20.1. The highest BCUT2D eigenvalue weighted by molar-refractivity contribution is 8.00. The van der Waals surface area contributed by atoms with Crippen molar-refractivity contribution < 1.29 is 9.53 Å². The van der Waals surface area contributed by atoms with Crippen LogP contribution in [0.5, 0.6) is 0 Å². The number of benzene rings is 1. The van der Waals surface area contributed by atoms with Gasteiger partial charge in [-0.05, 0) is 31.5 Å². The van der Waals surface area contributed by atoms with Crippen molar-refractivity contribution in [1.29, 1.82) is 5.41 Å². The molecule has 3 rings (SSSR count). The molecule has 0 fully saturated rings. The topological polar surface area (TPSA) is 109 Å². The normalized spacial score (nSPS) is 12.3. The third kappa shape index (κ3) is 4.63. The Morgan fingerprint density at radius 2 is 2.28 bits per heavy atom. The number of halogens is 1. The minimum atomic E-state index is -0.373. The average molecular weight is 435 g/mol. The zero-order valence-corrected chi connectivity index (χ0v) is 18.0. The highest BCUT2D eigenvalue weighted by Crippen LogP contribution is 2.27. The summed E-state index contributed by atoms with van der Waals surface area (Å²) in [4.78, 5) is 17.2. The third-order valence-electron chi connectivity index (χ3n) is 4.36. The van der Waals surface area contributed by atoms with Crippen molar-refractivity contribution in [1.82, 2.24) is 25.1 Å². The molecule has 8 nitrogen and oxygen atoms in total. The van der Waals surface area contributed by atoms with Gasteiger partial charge < -0.3 is 10.1 Å². The Bertz CT molecular complexity index is 1080. The first-order valence-corrected chi connectivity index (χ1v) is 10.4. The first-order valence-electron chi connectivity index (χ1n) is 9.17. The van der Waals surface area contributed by atoms with Gasteiger partial charge in [0.2, 0.25) is 5.91 Å². The number of thioether (sulfide) groups is 1. The number of amides is 1. The van der Waals surface area contributed by atoms with E-state index in [1.807, 2.05) is 26.0 Å². The van der Waals surface area contributed by atoms with Crippen molar-refractivity contribution in [2.75, 3.05) is 20.3 Å². The van der Waals surface area contributed by atoms with Crippen molar-refractivity contribution >= 4 is 40.3 Å². The van der Waals surface area contributed by atoms with E-state index in [2.05, 4.69) is 20.5 Å². The maximum Gasteiger partial charge on any atom is 0.233 e. The van der Waals surface area contributed by atoms with E-state index in [0.717, 1.165) is 5.69 Å². The van der Waals surface area contributed by atoms with Gasteiger partial charge in [-0.25, -0.2) is 4.98 Å². The number of carbonyl (C=O) groups excluding carboxylic acids is 1. The van der Waals surface area contributed by atoms with Crippen LogP contribution < -0.4 is 10.8 Å². The number of aromatic amines is 1. The number of methoxy groups -OCH3 is 1. The minimum absolute atomic E-state index is 0.0983. The van der Waals surface area contributed by atoms with Crippen LogP contribution in [0.1, 0.15) is 19.0 Å². The Hall–Kier alpha value is -2.36. The summed E-state index contributed by atoms with van der Waals surface area (Å²) in [6.45, 7) is 4.68. The molecule has 1 aromatic carbocycles. The molecule has 0 radical (unpaired) electrons. The highest BCUT2D eigenvalue weighted by Gasteiger charge is 2.23. The molecular formula is C19H23ClN6O2S. The lowest BCUT2D eigenvalue weighted by atomic mass is 10.3. The van der Waals surface area contributed by atoms with Gasteiger partial charge in [-0.15, -0.1) is 0 Å². The monoisotopic (exact) mass is 434 g/mol. The van der Waals surface area contributed by atoms with Crippen LogP contribution in [0.25, 0.3) is 16.7 Å². The van der Waals surface area contributed by atoms with Gasteiger partial charge in [0.15, 0.2) is 10.8 Å². The lowest BCUT2D eigenvalue weighted by molar-refractivity contribution is -0.120. The summed E-state index contributed by atoms with van der Waals surface area (Å²) in [5.74, 6) is -0.0983. The van der Waals surface area contributed by atoms with Crippen molar-refractivity contribution in [3.8, 4) is 5.69 Å². The van der Waals surface area contributed by atoms with Gasteiger partial charge in [0.05, 0.1) is 22.9 Å². The van der Waals surface area contributed by atoms with Crippen LogP contribution in [0.2, 0.25) is 5.02 Å². The predicted molar refractivity (Wildman–Crippen MR) is 114 cm³/mol. The van der Waals surface area contributed by atoms with Crippen LogP contribution in [-0.4, -0.2) is 51.2 Å². The Balaban J connectivity index is 2.07. The number of fused-ring (bicyclic) bond motifs is 1. The predicted octanol–water partition coefficient (Wildman–Crippen LogP) is 2.82. The second kappa shape index (κ2) is 9.43. The second-order valence-electron chi connectivity index (χ2n) is 6.40. The number of rotatable bonds is 8. The number of aromatic nitrogens is 4. The van der Waals surface area contributed by atoms with E-state index in [0.29, 0.717) is 46.5 Å². The number of hydrogen-bond donors (Lipinski definition) is 3. The first-order chi connectivity index (χ1) is 14.0. The first kappa shape index (κ1) is 21.4. The SMILES string of the molecule is CC[C@H](Sc1nc2n[nH]c(C)c2c(=N)n1-c1cccc(Cl)c1)C(=O)NCCOC. The summed E-state index contributed by atoms with van der Waals surface area (Å²) in [6.07, 6.45) is 0.603. The number of aryl methyl sites for hydroxylation is 1. The number of nitrogens with zero attached hydrogens (tertiary/aromatic N) is 3. The Morgan fingerprint density at radius 1 is 1.48 bits per heavy atom. The minimum Gasteiger partial charge on any atom is -0.383 e. The summed E-state index contributed by atoms with van der Waals surface area (Å²) in [6, 6.07) is 7.22. The van der Waals surface area contributed by atoms with E-state index in [-0.39, 0.29) is 16.6 Å². The van der Waals surface area contributed by atoms with Gasteiger partial charge in [-0.3, -0.25) is 19.9 Å². The number of ether oxygens (including phenoxy) is 1. The molecule has 0 bridgehead atoms. The number of carbonyl (C=O) groups is 1. The maximum absolute atomic E-state index is 12.6. The average Bonchev–Trinajstić information content (AvgIpc) is 3.07. The van der Waals surface area contributed by atoms with Gasteiger partial charge in [0.1, 0.15) is 5.49 Å². The summed E-state index contributed by atoms with van der Waals surface area (Å²) in [7, 11) is 1.59. The molecule has 1 atom stereocenters. The molecule has 0 saturated carbocycles. The number of hydrogen-bond acceptors (Lipinski definition) is 6. The maximum atomic E-state index is 12.6. The second-order valence-corrected chi connectivity index (χ2v) is 8.01. The van der Waals surface area contributed by atoms with E-state index in [1.54, 1.807) is 23.8 Å². The van der Waals surface area contributed by atoms with E-state index >= 15 is 0 Å². The van der Waals surface area contributed by atoms with E-state index in [4.69, 9.17) is 21.7 Å². The van der Waals surface area contributed by atoms with E-state index < -0.39 is 0 Å². The lowest BCUT2D eigenvalue weighted by Gasteiger charge is -2.18. The Labute approximate surface area is 177 Å². The van der Waals surface area contributed by atoms with Gasteiger partial charge in [-0.1, -0.05) is 36.4 Å². The van der Waals surface area contributed by atoms with Gasteiger partial charge in [-0.2, -0.15) is 5.10 Å². The molecule has 0 aliphatic carbocycles. The number of H-pyrrole nitrogens is 1. The summed E-state index contributed by atoms with van der Waals surface area (Å²) >= 11 is 7.49. The van der Waals surface area contributed by atoms with E-state index in [9.17, 15) is 4.79 Å². The molecule has 0 unspecified atom stereocenters. The molecule has 1 amide bonds. The molecule has 29 heavy (non-hydrogen) atoms. The van der Waals surface area contributed by atoms with Crippen LogP contribution in [0.4, 0.5) is 0 Å². The molecule has 2 heterocycles. The molecule has 2 aromatic heterocycles. The van der Waals surface area contributed by atoms with Crippen LogP contribution in [0.3, 0.4) is 0 Å². The highest BCUT2D eigenvalue weighted by atomic mass is 35.5. The number of nitrogens with one attached hydrogen (secondary N) is 3. The molecule has 10 heteroatoms. The van der Waals surface area contributed by atoms with Crippen molar-refractivity contribution in [2.24, 2.45) is 0 Å². The largest absolute Gasteiger partial charge is 0.383 e. The molecule has 0 saturated heterocycles. The van der Waals surface area contributed by atoms with Crippen molar-refractivity contribution in [3.63, 3.8) is 0 Å². The Morgan fingerprint density at radius 3 is 2.97 bits per heavy atom. The van der Waals surface area contributed by atoms with Crippen LogP contribution in [0, 0.1) is 12.3 Å². The molecular weight excluding hydrogens is 412 g/mol. The molecule has 0 aliphatic rings. The Kier molecular flexibility index (Phi) is 6.94. The lowest BCUT2D eigenvalue weighted by Crippen LogP contribution is -2.35. The fourth-order valence-corrected chi connectivity index (χ4v) is 4.14. The third-order valence-corrected chi connectivity index (χ3v) is 5.92. The fourth-order valence-electron chi connectivity index (χ4n) is 2.90. The van der Waals surface area contributed by atoms with Crippen LogP contribution in [0.15, 0.2) is 29.4 Å².